The zero-order valence-corrected chi connectivity index (χ0v) is 9.30. The molecule has 0 aliphatic heterocycles. The van der Waals surface area contributed by atoms with Gasteiger partial charge in [-0.05, 0) is 19.1 Å². The Morgan fingerprint density at radius 2 is 2.00 bits per heavy atom. The van der Waals surface area contributed by atoms with Crippen LogP contribution in [0, 0.1) is 0 Å². The molecule has 0 spiro atoms. The van der Waals surface area contributed by atoms with Gasteiger partial charge < -0.3 is 5.73 Å². The molecule has 0 saturated carbocycles. The predicted molar refractivity (Wildman–Crippen MR) is 64.9 cm³/mol. The van der Waals surface area contributed by atoms with Crippen LogP contribution in [0.2, 0.25) is 0 Å². The molecule has 2 aromatic heterocycles. The molecule has 2 aromatic rings. The molecule has 2 rings (SSSR count). The minimum atomic E-state index is -0.536. The van der Waals surface area contributed by atoms with E-state index in [9.17, 15) is 9.59 Å². The fraction of sp³-hybridized carbons (Fsp3) is 0.200. The van der Waals surface area contributed by atoms with Gasteiger partial charge in [-0.1, -0.05) is 0 Å². The van der Waals surface area contributed by atoms with Gasteiger partial charge in [0, 0.05) is 18.9 Å². The quantitative estimate of drug-likeness (QED) is 0.687. The van der Waals surface area contributed by atoms with E-state index in [0.29, 0.717) is 6.54 Å². The van der Waals surface area contributed by atoms with Gasteiger partial charge in [0.1, 0.15) is 5.82 Å². The fourth-order valence-corrected chi connectivity index (χ4v) is 1.55. The Labute approximate surface area is 96.5 Å². The third-order valence-corrected chi connectivity index (χ3v) is 2.40. The van der Waals surface area contributed by atoms with Crippen molar-refractivity contribution in [2.75, 3.05) is 11.2 Å². The second-order valence-electron chi connectivity index (χ2n) is 3.47. The summed E-state index contributed by atoms with van der Waals surface area (Å²) in [5.41, 5.74) is 7.70. The van der Waals surface area contributed by atoms with Crippen molar-refractivity contribution >= 4 is 11.5 Å². The minimum Gasteiger partial charge on any atom is -0.383 e. The summed E-state index contributed by atoms with van der Waals surface area (Å²) >= 11 is 0. The highest BCUT2D eigenvalue weighted by Crippen LogP contribution is 2.09. The maximum Gasteiger partial charge on any atom is 0.330 e. The van der Waals surface area contributed by atoms with Crippen molar-refractivity contribution < 1.29 is 0 Å². The number of anilines is 2. The Morgan fingerprint density at radius 3 is 2.59 bits per heavy atom. The topological polar surface area (TPSA) is 97.8 Å². The molecule has 0 aliphatic carbocycles. The molecule has 0 bridgehead atoms. The van der Waals surface area contributed by atoms with E-state index in [1.807, 2.05) is 0 Å². The second-order valence-corrected chi connectivity index (χ2v) is 3.47. The lowest BCUT2D eigenvalue weighted by Gasteiger charge is -2.12. The molecule has 0 atom stereocenters. The summed E-state index contributed by atoms with van der Waals surface area (Å²) in [5.74, 6) is 0.120. The van der Waals surface area contributed by atoms with E-state index in [2.05, 4.69) is 10.4 Å². The van der Waals surface area contributed by atoms with Crippen molar-refractivity contribution in [3.63, 3.8) is 0 Å². The highest BCUT2D eigenvalue weighted by Gasteiger charge is 2.10. The number of rotatable bonds is 3. The number of nitrogens with one attached hydrogen (secondary N) is 2. The molecule has 0 aromatic carbocycles. The lowest BCUT2D eigenvalue weighted by Crippen LogP contribution is -2.34. The first-order chi connectivity index (χ1) is 8.13. The van der Waals surface area contributed by atoms with Gasteiger partial charge >= 0.3 is 5.69 Å². The van der Waals surface area contributed by atoms with Crippen molar-refractivity contribution in [3.05, 3.63) is 45.4 Å². The monoisotopic (exact) mass is 235 g/mol. The number of nitrogens with two attached hydrogens (primary N) is 1. The van der Waals surface area contributed by atoms with Gasteiger partial charge in [0.05, 0.1) is 0 Å². The zero-order chi connectivity index (χ0) is 12.4. The molecule has 7 nitrogen and oxygen atoms in total. The molecular weight excluding hydrogens is 222 g/mol. The molecular formula is C10H13N5O2. The van der Waals surface area contributed by atoms with Crippen molar-refractivity contribution in [1.82, 2.24) is 14.2 Å². The Bertz CT molecular complexity index is 623. The first-order valence-corrected chi connectivity index (χ1v) is 5.16. The standard InChI is InChI=1S/C10H13N5O2/c1-2-15-8(11)7(9(16)12-10(15)17)13-14-5-3-4-6-14/h3-6,13H,2,11H2,1H3,(H,12,16,17). The van der Waals surface area contributed by atoms with Gasteiger partial charge in [0.2, 0.25) is 0 Å². The van der Waals surface area contributed by atoms with Crippen LogP contribution in [0.4, 0.5) is 11.5 Å². The van der Waals surface area contributed by atoms with Gasteiger partial charge in [-0.2, -0.15) is 0 Å². The van der Waals surface area contributed by atoms with Crippen LogP contribution in [0.3, 0.4) is 0 Å². The maximum atomic E-state index is 11.6. The van der Waals surface area contributed by atoms with Crippen molar-refractivity contribution in [3.8, 4) is 0 Å². The average Bonchev–Trinajstić information content (AvgIpc) is 2.77. The second kappa shape index (κ2) is 4.20. The molecule has 0 radical (unpaired) electrons. The minimum absolute atomic E-state index is 0.120. The third kappa shape index (κ3) is 1.94. The van der Waals surface area contributed by atoms with E-state index in [1.54, 1.807) is 36.1 Å². The van der Waals surface area contributed by atoms with Gasteiger partial charge in [0.15, 0.2) is 5.69 Å². The number of aromatic amines is 1. The van der Waals surface area contributed by atoms with E-state index in [-0.39, 0.29) is 11.5 Å². The van der Waals surface area contributed by atoms with Crippen molar-refractivity contribution in [1.29, 1.82) is 0 Å². The molecule has 0 fully saturated rings. The van der Waals surface area contributed by atoms with Crippen LogP contribution < -0.4 is 22.4 Å². The molecule has 0 aliphatic rings. The highest BCUT2D eigenvalue weighted by molar-refractivity contribution is 5.60. The van der Waals surface area contributed by atoms with Crippen molar-refractivity contribution in [2.45, 2.75) is 13.5 Å². The summed E-state index contributed by atoms with van der Waals surface area (Å²) in [6, 6.07) is 3.60. The highest BCUT2D eigenvalue weighted by atomic mass is 16.2. The molecule has 7 heteroatoms. The summed E-state index contributed by atoms with van der Waals surface area (Å²) < 4.78 is 2.86. The molecule has 4 N–H and O–H groups in total. The largest absolute Gasteiger partial charge is 0.383 e. The summed E-state index contributed by atoms with van der Waals surface area (Å²) in [7, 11) is 0. The Kier molecular flexibility index (Phi) is 2.73. The Morgan fingerprint density at radius 1 is 1.35 bits per heavy atom. The zero-order valence-electron chi connectivity index (χ0n) is 9.30. The van der Waals surface area contributed by atoms with Gasteiger partial charge in [-0.3, -0.25) is 24.4 Å². The lowest BCUT2D eigenvalue weighted by atomic mass is 10.4. The summed E-state index contributed by atoms with van der Waals surface area (Å²) in [4.78, 5) is 25.3. The molecule has 0 amide bonds. The van der Waals surface area contributed by atoms with Crippen LogP contribution in [-0.4, -0.2) is 14.2 Å². The third-order valence-electron chi connectivity index (χ3n) is 2.40. The maximum absolute atomic E-state index is 11.6. The van der Waals surface area contributed by atoms with Gasteiger partial charge in [-0.15, -0.1) is 0 Å². The first-order valence-electron chi connectivity index (χ1n) is 5.16. The van der Waals surface area contributed by atoms with Gasteiger partial charge in [-0.25, -0.2) is 4.79 Å². The molecule has 2 heterocycles. The van der Waals surface area contributed by atoms with Crippen LogP contribution in [0.1, 0.15) is 6.92 Å². The molecule has 17 heavy (non-hydrogen) atoms. The Hall–Kier alpha value is -2.44. The van der Waals surface area contributed by atoms with E-state index in [1.165, 1.54) is 4.57 Å². The fourth-order valence-electron chi connectivity index (χ4n) is 1.55. The predicted octanol–water partition coefficient (Wildman–Crippen LogP) is -0.185. The van der Waals surface area contributed by atoms with Gasteiger partial charge in [0.25, 0.3) is 5.56 Å². The van der Waals surface area contributed by atoms with Crippen LogP contribution >= 0.6 is 0 Å². The van der Waals surface area contributed by atoms with E-state index in [0.717, 1.165) is 0 Å². The smallest absolute Gasteiger partial charge is 0.330 e. The van der Waals surface area contributed by atoms with Crippen LogP contribution in [-0.2, 0) is 6.54 Å². The number of hydrogen-bond acceptors (Lipinski definition) is 4. The van der Waals surface area contributed by atoms with E-state index in [4.69, 9.17) is 5.73 Å². The number of nitrogens with zero attached hydrogens (tertiary/aromatic N) is 2. The van der Waals surface area contributed by atoms with Crippen molar-refractivity contribution in [2.24, 2.45) is 0 Å². The summed E-state index contributed by atoms with van der Waals surface area (Å²) in [6.45, 7) is 2.16. The molecule has 0 unspecified atom stereocenters. The summed E-state index contributed by atoms with van der Waals surface area (Å²) in [6.07, 6.45) is 3.44. The van der Waals surface area contributed by atoms with E-state index >= 15 is 0 Å². The number of nitrogen functional groups attached to an aromatic ring is 1. The average molecular weight is 235 g/mol. The number of aromatic nitrogens is 3. The Balaban J connectivity index is 2.54. The normalized spacial score (nSPS) is 10.4. The van der Waals surface area contributed by atoms with Crippen LogP contribution in [0.25, 0.3) is 0 Å². The lowest BCUT2D eigenvalue weighted by molar-refractivity contribution is 0.704. The first kappa shape index (κ1) is 11.1. The van der Waals surface area contributed by atoms with Crippen LogP contribution in [0.5, 0.6) is 0 Å². The molecule has 0 saturated heterocycles. The number of H-pyrrole nitrogens is 1. The van der Waals surface area contributed by atoms with E-state index < -0.39 is 11.2 Å². The van der Waals surface area contributed by atoms with Crippen LogP contribution in [0.15, 0.2) is 34.1 Å². The number of hydrogen-bond donors (Lipinski definition) is 3. The molecule has 90 valence electrons. The summed E-state index contributed by atoms with van der Waals surface area (Å²) in [5, 5.41) is 0. The SMILES string of the molecule is CCn1c(N)c(Nn2cccc2)c(=O)[nH]c1=O.